The normalized spacial score (nSPS) is 15.2. The van der Waals surface area contributed by atoms with Crippen molar-refractivity contribution in [3.8, 4) is 0 Å². The van der Waals surface area contributed by atoms with E-state index in [1.165, 1.54) is 10.9 Å². The van der Waals surface area contributed by atoms with E-state index in [0.29, 0.717) is 24.0 Å². The standard InChI is InChI=1S/C19H18F3N7O2/c20-12-3-10(4-13(21)16(12)22)8-29-9-11(6-25-29)5-23-19-24-7-15-17(28-19)26-14(1-2-30)18(31)27-15/h3-4,6-7,9,14,30H,1-2,5,8H2,(H,27,31)(H2,23,24,26,28)/t14-/m0/s1. The number of anilines is 3. The number of aromatic nitrogens is 4. The van der Waals surface area contributed by atoms with E-state index in [9.17, 15) is 18.0 Å². The number of amides is 1. The van der Waals surface area contributed by atoms with E-state index in [4.69, 9.17) is 5.11 Å². The average molecular weight is 433 g/mol. The highest BCUT2D eigenvalue weighted by atomic mass is 19.2. The molecule has 1 amide bonds. The van der Waals surface area contributed by atoms with E-state index in [-0.39, 0.29) is 31.0 Å². The molecule has 3 aromatic rings. The number of carbonyl (C=O) groups excluding carboxylic acids is 1. The second-order valence-electron chi connectivity index (χ2n) is 6.93. The maximum Gasteiger partial charge on any atom is 0.247 e. The third-order valence-corrected chi connectivity index (χ3v) is 4.62. The van der Waals surface area contributed by atoms with Gasteiger partial charge in [-0.1, -0.05) is 0 Å². The van der Waals surface area contributed by atoms with Crippen LogP contribution in [0, 0.1) is 17.5 Å². The van der Waals surface area contributed by atoms with Crippen molar-refractivity contribution >= 4 is 23.4 Å². The van der Waals surface area contributed by atoms with Crippen molar-refractivity contribution < 1.29 is 23.1 Å². The van der Waals surface area contributed by atoms with Gasteiger partial charge >= 0.3 is 0 Å². The summed E-state index contributed by atoms with van der Waals surface area (Å²) in [5.41, 5.74) is 1.43. The zero-order valence-corrected chi connectivity index (χ0v) is 16.1. The predicted octanol–water partition coefficient (Wildman–Crippen LogP) is 1.87. The van der Waals surface area contributed by atoms with Crippen LogP contribution in [0.2, 0.25) is 0 Å². The number of nitrogens with one attached hydrogen (secondary N) is 3. The molecule has 3 heterocycles. The Morgan fingerprint density at radius 1 is 1.16 bits per heavy atom. The molecule has 1 aliphatic heterocycles. The van der Waals surface area contributed by atoms with Gasteiger partial charge in [0.15, 0.2) is 23.3 Å². The Balaban J connectivity index is 1.39. The fourth-order valence-electron chi connectivity index (χ4n) is 3.10. The Kier molecular flexibility index (Phi) is 5.71. The quantitative estimate of drug-likeness (QED) is 0.420. The molecule has 0 fully saturated rings. The minimum absolute atomic E-state index is 0.0688. The molecule has 12 heteroatoms. The molecule has 0 spiro atoms. The maximum absolute atomic E-state index is 13.4. The number of carbonyl (C=O) groups is 1. The number of hydrogen-bond donors (Lipinski definition) is 4. The summed E-state index contributed by atoms with van der Waals surface area (Å²) in [7, 11) is 0. The number of fused-ring (bicyclic) bond motifs is 1. The summed E-state index contributed by atoms with van der Waals surface area (Å²) in [6.07, 6.45) is 4.95. The van der Waals surface area contributed by atoms with Gasteiger partial charge in [-0.05, 0) is 24.1 Å². The van der Waals surface area contributed by atoms with Crippen LogP contribution >= 0.6 is 0 Å². The third-order valence-electron chi connectivity index (χ3n) is 4.62. The lowest BCUT2D eigenvalue weighted by molar-refractivity contribution is -0.117. The summed E-state index contributed by atoms with van der Waals surface area (Å²) in [4.78, 5) is 20.4. The lowest BCUT2D eigenvalue weighted by Crippen LogP contribution is -2.40. The van der Waals surface area contributed by atoms with Gasteiger partial charge in [0, 0.05) is 24.9 Å². The van der Waals surface area contributed by atoms with E-state index in [1.54, 1.807) is 12.4 Å². The van der Waals surface area contributed by atoms with Crippen LogP contribution in [-0.2, 0) is 17.9 Å². The van der Waals surface area contributed by atoms with Crippen LogP contribution in [0.25, 0.3) is 0 Å². The van der Waals surface area contributed by atoms with Gasteiger partial charge in [-0.2, -0.15) is 10.1 Å². The van der Waals surface area contributed by atoms with Gasteiger partial charge < -0.3 is 21.1 Å². The molecule has 0 aliphatic carbocycles. The van der Waals surface area contributed by atoms with Crippen LogP contribution in [0.1, 0.15) is 17.5 Å². The number of rotatable bonds is 7. The molecule has 4 rings (SSSR count). The van der Waals surface area contributed by atoms with Crippen LogP contribution in [0.5, 0.6) is 0 Å². The second kappa shape index (κ2) is 8.60. The highest BCUT2D eigenvalue weighted by Gasteiger charge is 2.26. The van der Waals surface area contributed by atoms with Crippen molar-refractivity contribution in [3.63, 3.8) is 0 Å². The summed E-state index contributed by atoms with van der Waals surface area (Å²) in [5.74, 6) is -3.53. The number of benzene rings is 1. The van der Waals surface area contributed by atoms with E-state index in [0.717, 1.165) is 17.7 Å². The number of nitrogens with zero attached hydrogens (tertiary/aromatic N) is 4. The van der Waals surface area contributed by atoms with Crippen LogP contribution in [0.4, 0.5) is 30.6 Å². The lowest BCUT2D eigenvalue weighted by atomic mass is 10.1. The summed E-state index contributed by atoms with van der Waals surface area (Å²) in [5, 5.41) is 21.9. The number of aliphatic hydroxyl groups is 1. The zero-order chi connectivity index (χ0) is 22.0. The zero-order valence-electron chi connectivity index (χ0n) is 16.1. The SMILES string of the molecule is O=C1Nc2cnc(NCc3cnn(Cc4cc(F)c(F)c(F)c4)c3)nc2N[C@H]1CCO. The van der Waals surface area contributed by atoms with Gasteiger partial charge in [-0.15, -0.1) is 0 Å². The van der Waals surface area contributed by atoms with Crippen molar-refractivity contribution in [1.82, 2.24) is 19.7 Å². The average Bonchev–Trinajstić information content (AvgIpc) is 3.18. The topological polar surface area (TPSA) is 117 Å². The summed E-state index contributed by atoms with van der Waals surface area (Å²) in [6, 6.07) is 1.27. The maximum atomic E-state index is 13.4. The Hall–Kier alpha value is -3.67. The molecule has 0 unspecified atom stereocenters. The minimum atomic E-state index is -1.50. The van der Waals surface area contributed by atoms with Gasteiger partial charge in [0.1, 0.15) is 11.7 Å². The molecule has 0 saturated carbocycles. The highest BCUT2D eigenvalue weighted by Crippen LogP contribution is 2.25. The largest absolute Gasteiger partial charge is 0.396 e. The smallest absolute Gasteiger partial charge is 0.247 e. The van der Waals surface area contributed by atoms with Gasteiger partial charge in [-0.25, -0.2) is 18.2 Å². The van der Waals surface area contributed by atoms with Crippen LogP contribution < -0.4 is 16.0 Å². The fourth-order valence-corrected chi connectivity index (χ4v) is 3.10. The first-order chi connectivity index (χ1) is 14.9. The molecule has 162 valence electrons. The number of hydrogen-bond acceptors (Lipinski definition) is 7. The van der Waals surface area contributed by atoms with Gasteiger partial charge in [0.2, 0.25) is 11.9 Å². The first kappa shape index (κ1) is 20.6. The second-order valence-corrected chi connectivity index (χ2v) is 6.93. The van der Waals surface area contributed by atoms with E-state index < -0.39 is 23.5 Å². The molecule has 1 aliphatic rings. The molecule has 0 bridgehead atoms. The Morgan fingerprint density at radius 3 is 2.68 bits per heavy atom. The minimum Gasteiger partial charge on any atom is -0.396 e. The highest BCUT2D eigenvalue weighted by molar-refractivity contribution is 6.02. The van der Waals surface area contributed by atoms with Crippen LogP contribution in [0.15, 0.2) is 30.7 Å². The molecular formula is C19H18F3N7O2. The van der Waals surface area contributed by atoms with Crippen LogP contribution in [0.3, 0.4) is 0 Å². The van der Waals surface area contributed by atoms with Crippen LogP contribution in [-0.4, -0.2) is 43.4 Å². The fraction of sp³-hybridized carbons (Fsp3) is 0.263. The first-order valence-corrected chi connectivity index (χ1v) is 9.37. The summed E-state index contributed by atoms with van der Waals surface area (Å²) in [6.45, 7) is 0.245. The summed E-state index contributed by atoms with van der Waals surface area (Å²) >= 11 is 0. The molecule has 1 atom stereocenters. The van der Waals surface area contributed by atoms with Gasteiger partial charge in [0.25, 0.3) is 0 Å². The molecule has 2 aromatic heterocycles. The number of halogens is 3. The van der Waals surface area contributed by atoms with Crippen molar-refractivity contribution in [2.24, 2.45) is 0 Å². The van der Waals surface area contributed by atoms with Gasteiger partial charge in [-0.3, -0.25) is 9.48 Å². The monoisotopic (exact) mass is 433 g/mol. The van der Waals surface area contributed by atoms with Gasteiger partial charge in [0.05, 0.1) is 18.9 Å². The predicted molar refractivity (Wildman–Crippen MR) is 105 cm³/mol. The summed E-state index contributed by atoms with van der Waals surface area (Å²) < 4.78 is 41.2. The van der Waals surface area contributed by atoms with E-state index in [1.807, 2.05) is 0 Å². The molecule has 9 nitrogen and oxygen atoms in total. The molecule has 31 heavy (non-hydrogen) atoms. The molecule has 0 saturated heterocycles. The third kappa shape index (κ3) is 4.58. The Labute approximate surface area is 174 Å². The van der Waals surface area contributed by atoms with Crippen molar-refractivity contribution in [3.05, 3.63) is 59.3 Å². The van der Waals surface area contributed by atoms with Crippen molar-refractivity contribution in [2.45, 2.75) is 25.6 Å². The molecular weight excluding hydrogens is 415 g/mol. The molecule has 1 aromatic carbocycles. The van der Waals surface area contributed by atoms with Crippen molar-refractivity contribution in [1.29, 1.82) is 0 Å². The van der Waals surface area contributed by atoms with Crippen molar-refractivity contribution in [2.75, 3.05) is 22.6 Å². The first-order valence-electron chi connectivity index (χ1n) is 9.37. The molecule has 0 radical (unpaired) electrons. The van der Waals surface area contributed by atoms with E-state index in [2.05, 4.69) is 31.0 Å². The molecule has 4 N–H and O–H groups in total. The Bertz CT molecular complexity index is 1100. The number of aliphatic hydroxyl groups excluding tert-OH is 1. The Morgan fingerprint density at radius 2 is 1.94 bits per heavy atom. The van der Waals surface area contributed by atoms with E-state index >= 15 is 0 Å². The lowest BCUT2D eigenvalue weighted by Gasteiger charge is -2.25.